The number of hydrogen-bond donors (Lipinski definition) is 2. The van der Waals surface area contributed by atoms with Crippen molar-refractivity contribution in [3.8, 4) is 0 Å². The van der Waals surface area contributed by atoms with Gasteiger partial charge in [-0.25, -0.2) is 0 Å². The van der Waals surface area contributed by atoms with Crippen molar-refractivity contribution < 1.29 is 19.8 Å². The number of carbonyl (C=O) groups is 2. The van der Waals surface area contributed by atoms with Crippen LogP contribution in [-0.4, -0.2) is 56.3 Å². The molecule has 0 spiro atoms. The van der Waals surface area contributed by atoms with Crippen LogP contribution >= 0.6 is 0 Å². The fourth-order valence-corrected chi connectivity index (χ4v) is 11.3. The molecule has 0 saturated carbocycles. The van der Waals surface area contributed by atoms with Gasteiger partial charge in [-0.2, -0.15) is 0 Å². The van der Waals surface area contributed by atoms with Gasteiger partial charge >= 0.3 is 133 Å². The number of benzene rings is 2. The Bertz CT molecular complexity index is 563. The van der Waals surface area contributed by atoms with Crippen molar-refractivity contribution in [1.29, 1.82) is 0 Å². The molecule has 2 rings (SSSR count). The van der Waals surface area contributed by atoms with Crippen LogP contribution in [0.25, 0.3) is 0 Å². The molecule has 0 amide bonds. The van der Waals surface area contributed by atoms with Gasteiger partial charge in [-0.05, 0) is 0 Å². The number of hydrogen-bond acceptors (Lipinski definition) is 2. The minimum absolute atomic E-state index is 0.309. The summed E-state index contributed by atoms with van der Waals surface area (Å²) in [5, 5.41) is 17.7. The Hall–Kier alpha value is -1.04. The van der Waals surface area contributed by atoms with Crippen molar-refractivity contribution in [2.75, 3.05) is 0 Å². The molecule has 0 aromatic heterocycles. The number of carboxylic acid groups (broad SMARTS) is 2. The van der Waals surface area contributed by atoms with E-state index < -0.39 is 11.9 Å². The van der Waals surface area contributed by atoms with Gasteiger partial charge in [0.15, 0.2) is 0 Å². The monoisotopic (exact) mass is 502 g/mol. The van der Waals surface area contributed by atoms with E-state index in [2.05, 4.69) is 0 Å². The molecule has 2 aromatic carbocycles. The molecular weight excluding hydrogens is 487 g/mol. The summed E-state index contributed by atoms with van der Waals surface area (Å²) in [5.74, 6) is -1.81. The Kier molecular flexibility index (Phi) is 5.45. The molecule has 20 heavy (non-hydrogen) atoms. The first-order valence-electron chi connectivity index (χ1n) is 5.57. The van der Waals surface area contributed by atoms with Crippen molar-refractivity contribution in [1.82, 2.24) is 0 Å². The Morgan fingerprint density at radius 2 is 0.950 bits per heavy atom. The summed E-state index contributed by atoms with van der Waals surface area (Å²) in [6.07, 6.45) is 0. The molecule has 2 aromatic rings. The van der Waals surface area contributed by atoms with E-state index in [1.165, 1.54) is 7.22 Å². The zero-order valence-electron chi connectivity index (χ0n) is 10.1. The molecule has 102 valence electrons. The predicted molar refractivity (Wildman–Crippen MR) is 77.6 cm³/mol. The van der Waals surface area contributed by atoms with Gasteiger partial charge in [0.1, 0.15) is 0 Å². The third-order valence-electron chi connectivity index (χ3n) is 2.44. The average Bonchev–Trinajstić information content (AvgIpc) is 2.46. The molecule has 0 fully saturated rings. The molecule has 0 radical (unpaired) electrons. The van der Waals surface area contributed by atoms with Gasteiger partial charge in [-0.1, -0.05) is 0 Å². The number of carboxylic acids is 2. The number of aromatic carboxylic acids is 2. The fraction of sp³-hybridized carbons (Fsp3) is 0. The van der Waals surface area contributed by atoms with Gasteiger partial charge in [-0.3, -0.25) is 0 Å². The summed E-state index contributed by atoms with van der Waals surface area (Å²) < 4.78 is 2.48. The third-order valence-corrected chi connectivity index (χ3v) is 14.3. The maximum absolute atomic E-state index is 10.7. The Morgan fingerprint density at radius 3 is 1.20 bits per heavy atom. The van der Waals surface area contributed by atoms with Crippen LogP contribution in [-0.2, 0) is 0 Å². The molecular formula is C14H10O4Te2. The van der Waals surface area contributed by atoms with Gasteiger partial charge in [0.2, 0.25) is 0 Å². The van der Waals surface area contributed by atoms with Crippen molar-refractivity contribution in [2.45, 2.75) is 0 Å². The average molecular weight is 497 g/mol. The van der Waals surface area contributed by atoms with E-state index in [0.717, 1.165) is 0 Å². The van der Waals surface area contributed by atoms with E-state index in [1.54, 1.807) is 24.3 Å². The van der Waals surface area contributed by atoms with Crippen LogP contribution in [0.4, 0.5) is 0 Å². The Labute approximate surface area is 132 Å². The van der Waals surface area contributed by atoms with Crippen LogP contribution < -0.4 is 7.22 Å². The van der Waals surface area contributed by atoms with Crippen molar-refractivity contribution in [3.63, 3.8) is 0 Å². The second-order valence-electron chi connectivity index (χ2n) is 3.83. The molecule has 0 unspecified atom stereocenters. The fourth-order valence-electron chi connectivity index (χ4n) is 1.40. The molecule has 4 nitrogen and oxygen atoms in total. The molecule has 0 aliphatic carbocycles. The first-order chi connectivity index (χ1) is 9.56. The SMILES string of the molecule is O=C(O)c1ccc([Te][Te]c2ccc(C(=O)O)cc2)cc1. The van der Waals surface area contributed by atoms with Crippen LogP contribution in [0.2, 0.25) is 0 Å². The molecule has 0 saturated heterocycles. The molecule has 0 aliphatic heterocycles. The normalized spacial score (nSPS) is 10.2. The van der Waals surface area contributed by atoms with Crippen LogP contribution in [0.3, 0.4) is 0 Å². The summed E-state index contributed by atoms with van der Waals surface area (Å²) in [6, 6.07) is 14.1. The van der Waals surface area contributed by atoms with Crippen molar-refractivity contribution >= 4 is 53.3 Å². The first kappa shape index (κ1) is 15.3. The Balaban J connectivity index is 1.97. The van der Waals surface area contributed by atoms with Crippen LogP contribution in [0.15, 0.2) is 48.5 Å². The first-order valence-corrected chi connectivity index (χ1v) is 15.2. The molecule has 0 bridgehead atoms. The molecule has 6 heteroatoms. The van der Waals surface area contributed by atoms with Crippen molar-refractivity contribution in [2.24, 2.45) is 0 Å². The standard InChI is InChI=1S/C14H10O4Te2/c15-13(16)9-1-5-11(6-2-9)19-20-12-7-3-10(4-8-12)14(17)18/h1-8H,(H,15,16)(H,17,18). The summed E-state index contributed by atoms with van der Waals surface area (Å²) in [7, 11) is 0. The topological polar surface area (TPSA) is 74.6 Å². The second kappa shape index (κ2) is 7.11. The molecule has 2 N–H and O–H groups in total. The van der Waals surface area contributed by atoms with E-state index in [9.17, 15) is 9.59 Å². The third kappa shape index (κ3) is 4.23. The summed E-state index contributed by atoms with van der Waals surface area (Å²) in [4.78, 5) is 21.5. The molecule has 0 aliphatic rings. The van der Waals surface area contributed by atoms with E-state index in [0.29, 0.717) is 11.1 Å². The Morgan fingerprint density at radius 1 is 0.650 bits per heavy atom. The molecule has 0 atom stereocenters. The summed E-state index contributed by atoms with van der Waals surface area (Å²) >= 11 is -0.617. The quantitative estimate of drug-likeness (QED) is 0.586. The summed E-state index contributed by atoms with van der Waals surface area (Å²) in [5.41, 5.74) is 0.625. The molecule has 0 heterocycles. The predicted octanol–water partition coefficient (Wildman–Crippen LogP) is 0.357. The zero-order chi connectivity index (χ0) is 14.5. The second-order valence-corrected chi connectivity index (χ2v) is 13.8. The van der Waals surface area contributed by atoms with Gasteiger partial charge in [-0.15, -0.1) is 0 Å². The van der Waals surface area contributed by atoms with Gasteiger partial charge < -0.3 is 0 Å². The maximum atomic E-state index is 10.7. The van der Waals surface area contributed by atoms with Crippen LogP contribution in [0.1, 0.15) is 20.7 Å². The van der Waals surface area contributed by atoms with Gasteiger partial charge in [0.25, 0.3) is 0 Å². The van der Waals surface area contributed by atoms with Gasteiger partial charge in [0.05, 0.1) is 0 Å². The van der Waals surface area contributed by atoms with E-state index in [4.69, 9.17) is 10.2 Å². The van der Waals surface area contributed by atoms with Gasteiger partial charge in [0, 0.05) is 0 Å². The van der Waals surface area contributed by atoms with Crippen molar-refractivity contribution in [3.05, 3.63) is 59.7 Å². The minimum atomic E-state index is -0.905. The zero-order valence-corrected chi connectivity index (χ0v) is 14.8. The van der Waals surface area contributed by atoms with Crippen LogP contribution in [0.5, 0.6) is 0 Å². The van der Waals surface area contributed by atoms with Crippen LogP contribution in [0, 0.1) is 0 Å². The van der Waals surface area contributed by atoms with E-state index in [-0.39, 0.29) is 34.1 Å². The van der Waals surface area contributed by atoms with E-state index >= 15 is 0 Å². The number of rotatable bonds is 5. The van der Waals surface area contributed by atoms with E-state index in [1.807, 2.05) is 24.3 Å². The summed E-state index contributed by atoms with van der Waals surface area (Å²) in [6.45, 7) is 0.